The maximum absolute atomic E-state index is 9.18. The Morgan fingerprint density at radius 2 is 1.83 bits per heavy atom. The molecule has 0 bridgehead atoms. The maximum Gasteiger partial charge on any atom is 0.103 e. The summed E-state index contributed by atoms with van der Waals surface area (Å²) in [6, 6.07) is 7.58. The van der Waals surface area contributed by atoms with Gasteiger partial charge in [0.15, 0.2) is 0 Å². The summed E-state index contributed by atoms with van der Waals surface area (Å²) in [5.74, 6) is 0. The average molecular weight is 269 g/mol. The van der Waals surface area contributed by atoms with Crippen molar-refractivity contribution in [2.45, 2.75) is 0 Å². The molecule has 0 aliphatic carbocycles. The van der Waals surface area contributed by atoms with Crippen molar-refractivity contribution in [3.63, 3.8) is 0 Å². The van der Waals surface area contributed by atoms with Crippen LogP contribution in [0.3, 0.4) is 0 Å². The molecule has 4 nitrogen and oxygen atoms in total. The summed E-state index contributed by atoms with van der Waals surface area (Å²) in [6.45, 7) is 2.55. The standard InChI is InChI=1S/C13H17ClN2O2/c1-17-8-6-16(7-9-18-2)13-5-3-4-12(14)11(13)10-15/h3-5H,6-9H2,1-2H3. The van der Waals surface area contributed by atoms with Crippen LogP contribution in [0.5, 0.6) is 0 Å². The van der Waals surface area contributed by atoms with E-state index in [1.54, 1.807) is 20.3 Å². The zero-order valence-electron chi connectivity index (χ0n) is 10.6. The Labute approximate surface area is 113 Å². The van der Waals surface area contributed by atoms with Crippen LogP contribution in [0.25, 0.3) is 0 Å². The van der Waals surface area contributed by atoms with Crippen molar-refractivity contribution in [2.75, 3.05) is 45.4 Å². The topological polar surface area (TPSA) is 45.5 Å². The van der Waals surface area contributed by atoms with Gasteiger partial charge in [-0.05, 0) is 12.1 Å². The highest BCUT2D eigenvalue weighted by Crippen LogP contribution is 2.26. The fraction of sp³-hybridized carbons (Fsp3) is 0.462. The zero-order chi connectivity index (χ0) is 13.4. The molecule has 18 heavy (non-hydrogen) atoms. The van der Waals surface area contributed by atoms with Crippen molar-refractivity contribution in [3.8, 4) is 6.07 Å². The summed E-state index contributed by atoms with van der Waals surface area (Å²) >= 11 is 6.03. The number of halogens is 1. The molecule has 0 aliphatic heterocycles. The van der Waals surface area contributed by atoms with Crippen LogP contribution in [0.2, 0.25) is 5.02 Å². The summed E-state index contributed by atoms with van der Waals surface area (Å²) < 4.78 is 10.2. The van der Waals surface area contributed by atoms with Gasteiger partial charge in [-0.3, -0.25) is 0 Å². The highest BCUT2D eigenvalue weighted by Gasteiger charge is 2.13. The van der Waals surface area contributed by atoms with Crippen molar-refractivity contribution >= 4 is 17.3 Å². The van der Waals surface area contributed by atoms with Crippen molar-refractivity contribution in [1.82, 2.24) is 0 Å². The van der Waals surface area contributed by atoms with Gasteiger partial charge < -0.3 is 14.4 Å². The van der Waals surface area contributed by atoms with E-state index in [-0.39, 0.29) is 0 Å². The number of rotatable bonds is 7. The lowest BCUT2D eigenvalue weighted by molar-refractivity contribution is 0.190. The first-order chi connectivity index (χ1) is 8.74. The van der Waals surface area contributed by atoms with Crippen molar-refractivity contribution in [2.24, 2.45) is 0 Å². The molecular formula is C13H17ClN2O2. The lowest BCUT2D eigenvalue weighted by Crippen LogP contribution is -2.31. The SMILES string of the molecule is COCCN(CCOC)c1cccc(Cl)c1C#N. The zero-order valence-corrected chi connectivity index (χ0v) is 11.4. The first kappa shape index (κ1) is 14.8. The Morgan fingerprint density at radius 3 is 2.33 bits per heavy atom. The second kappa shape index (κ2) is 7.93. The molecule has 1 aromatic rings. The Hall–Kier alpha value is -1.28. The van der Waals surface area contributed by atoms with Gasteiger partial charge in [0.1, 0.15) is 6.07 Å². The molecule has 0 atom stereocenters. The van der Waals surface area contributed by atoms with Gasteiger partial charge in [-0.15, -0.1) is 0 Å². The molecule has 0 spiro atoms. The summed E-state index contributed by atoms with van der Waals surface area (Å²) in [6.07, 6.45) is 0. The van der Waals surface area contributed by atoms with Gasteiger partial charge in [0.05, 0.1) is 29.5 Å². The highest BCUT2D eigenvalue weighted by molar-refractivity contribution is 6.32. The van der Waals surface area contributed by atoms with E-state index in [2.05, 4.69) is 6.07 Å². The molecule has 0 heterocycles. The van der Waals surface area contributed by atoms with Crippen LogP contribution >= 0.6 is 11.6 Å². The highest BCUT2D eigenvalue weighted by atomic mass is 35.5. The first-order valence-corrected chi connectivity index (χ1v) is 6.03. The summed E-state index contributed by atoms with van der Waals surface area (Å²) in [4.78, 5) is 2.04. The molecule has 0 aliphatic rings. The predicted molar refractivity (Wildman–Crippen MR) is 72.1 cm³/mol. The minimum absolute atomic E-state index is 0.467. The van der Waals surface area contributed by atoms with Gasteiger partial charge in [0.2, 0.25) is 0 Å². The molecule has 98 valence electrons. The van der Waals surface area contributed by atoms with E-state index in [0.717, 1.165) is 5.69 Å². The molecule has 0 N–H and O–H groups in total. The van der Waals surface area contributed by atoms with E-state index < -0.39 is 0 Å². The second-order valence-corrected chi connectivity index (χ2v) is 4.13. The monoisotopic (exact) mass is 268 g/mol. The molecule has 0 aromatic heterocycles. The summed E-state index contributed by atoms with van der Waals surface area (Å²) in [7, 11) is 3.30. The van der Waals surface area contributed by atoms with Crippen LogP contribution in [0.15, 0.2) is 18.2 Å². The fourth-order valence-electron chi connectivity index (χ4n) is 1.64. The van der Waals surface area contributed by atoms with Crippen molar-refractivity contribution in [3.05, 3.63) is 28.8 Å². The Balaban J connectivity index is 2.96. The molecule has 0 unspecified atom stereocenters. The smallest absolute Gasteiger partial charge is 0.103 e. The van der Waals surface area contributed by atoms with Gasteiger partial charge in [0.25, 0.3) is 0 Å². The number of benzene rings is 1. The molecular weight excluding hydrogens is 252 g/mol. The van der Waals surface area contributed by atoms with Gasteiger partial charge >= 0.3 is 0 Å². The van der Waals surface area contributed by atoms with Gasteiger partial charge in [-0.2, -0.15) is 5.26 Å². The van der Waals surface area contributed by atoms with Crippen LogP contribution in [-0.2, 0) is 9.47 Å². The normalized spacial score (nSPS) is 10.1. The van der Waals surface area contributed by atoms with Crippen LogP contribution in [0, 0.1) is 11.3 Å². The van der Waals surface area contributed by atoms with Gasteiger partial charge in [0, 0.05) is 27.3 Å². The second-order valence-electron chi connectivity index (χ2n) is 3.72. The molecule has 0 radical (unpaired) electrons. The van der Waals surface area contributed by atoms with Crippen molar-refractivity contribution in [1.29, 1.82) is 5.26 Å². The number of methoxy groups -OCH3 is 2. The maximum atomic E-state index is 9.18. The van der Waals surface area contributed by atoms with Gasteiger partial charge in [-0.1, -0.05) is 17.7 Å². The van der Waals surface area contributed by atoms with E-state index in [1.165, 1.54) is 0 Å². The van der Waals surface area contributed by atoms with Crippen LogP contribution < -0.4 is 4.90 Å². The lowest BCUT2D eigenvalue weighted by atomic mass is 10.1. The predicted octanol–water partition coefficient (Wildman–Crippen LogP) is 2.31. The minimum Gasteiger partial charge on any atom is -0.383 e. The third-order valence-corrected chi connectivity index (χ3v) is 2.89. The Bertz CT molecular complexity index is 410. The third kappa shape index (κ3) is 3.88. The molecule has 0 amide bonds. The number of nitrogens with zero attached hydrogens (tertiary/aromatic N) is 2. The number of hydrogen-bond acceptors (Lipinski definition) is 4. The average Bonchev–Trinajstić information content (AvgIpc) is 2.39. The molecule has 1 rings (SSSR count). The van der Waals surface area contributed by atoms with Crippen LogP contribution in [0.1, 0.15) is 5.56 Å². The van der Waals surface area contributed by atoms with Crippen LogP contribution in [0.4, 0.5) is 5.69 Å². The van der Waals surface area contributed by atoms with E-state index in [0.29, 0.717) is 36.9 Å². The molecule has 0 saturated carbocycles. The number of nitriles is 1. The van der Waals surface area contributed by atoms with E-state index >= 15 is 0 Å². The lowest BCUT2D eigenvalue weighted by Gasteiger charge is -2.25. The number of anilines is 1. The van der Waals surface area contributed by atoms with Gasteiger partial charge in [-0.25, -0.2) is 0 Å². The first-order valence-electron chi connectivity index (χ1n) is 5.66. The van der Waals surface area contributed by atoms with Crippen molar-refractivity contribution < 1.29 is 9.47 Å². The largest absolute Gasteiger partial charge is 0.383 e. The summed E-state index contributed by atoms with van der Waals surface area (Å²) in [5, 5.41) is 9.64. The molecule has 0 fully saturated rings. The third-order valence-electron chi connectivity index (χ3n) is 2.57. The number of ether oxygens (including phenoxy) is 2. The fourth-order valence-corrected chi connectivity index (χ4v) is 1.85. The van der Waals surface area contributed by atoms with E-state index in [4.69, 9.17) is 21.1 Å². The molecule has 0 saturated heterocycles. The molecule has 1 aromatic carbocycles. The number of hydrogen-bond donors (Lipinski definition) is 0. The Kier molecular flexibility index (Phi) is 6.51. The van der Waals surface area contributed by atoms with Crippen LogP contribution in [-0.4, -0.2) is 40.5 Å². The quantitative estimate of drug-likeness (QED) is 0.761. The van der Waals surface area contributed by atoms with E-state index in [1.807, 2.05) is 17.0 Å². The molecule has 5 heteroatoms. The van der Waals surface area contributed by atoms with E-state index in [9.17, 15) is 5.26 Å². The Morgan fingerprint density at radius 1 is 1.22 bits per heavy atom. The minimum atomic E-state index is 0.467. The summed E-state index contributed by atoms with van der Waals surface area (Å²) in [5.41, 5.74) is 1.31.